The van der Waals surface area contributed by atoms with E-state index in [2.05, 4.69) is 63.1 Å². The van der Waals surface area contributed by atoms with Gasteiger partial charge in [-0.25, -0.2) is 0 Å². The topological polar surface area (TPSA) is 43.3 Å². The van der Waals surface area contributed by atoms with E-state index in [4.69, 9.17) is 4.74 Å². The molecule has 3 aliphatic heterocycles. The van der Waals surface area contributed by atoms with E-state index < -0.39 is 0 Å². The third-order valence-electron chi connectivity index (χ3n) is 7.06. The fourth-order valence-corrected chi connectivity index (χ4v) is 5.63. The smallest absolute Gasteiger partial charge is 0.193 e. The highest BCUT2D eigenvalue weighted by molar-refractivity contribution is 14.0. The fourth-order valence-electron chi connectivity index (χ4n) is 5.63. The van der Waals surface area contributed by atoms with Crippen molar-refractivity contribution in [3.63, 3.8) is 0 Å². The Morgan fingerprint density at radius 3 is 2.31 bits per heavy atom. The van der Waals surface area contributed by atoms with Gasteiger partial charge in [-0.1, -0.05) is 38.1 Å². The molecule has 1 aromatic rings. The third kappa shape index (κ3) is 7.05. The molecule has 7 heteroatoms. The number of likely N-dealkylation sites (tertiary alicyclic amines) is 2. The van der Waals surface area contributed by atoms with E-state index in [1.165, 1.54) is 37.1 Å². The first kappa shape index (κ1) is 25.7. The Labute approximate surface area is 211 Å². The molecule has 4 rings (SSSR count). The largest absolute Gasteiger partial charge is 0.379 e. The minimum Gasteiger partial charge on any atom is -0.379 e. The highest BCUT2D eigenvalue weighted by Gasteiger charge is 2.30. The van der Waals surface area contributed by atoms with Crippen LogP contribution in [0, 0.1) is 11.8 Å². The van der Waals surface area contributed by atoms with Gasteiger partial charge in [0.25, 0.3) is 0 Å². The summed E-state index contributed by atoms with van der Waals surface area (Å²) in [5.41, 5.74) is 2.73. The van der Waals surface area contributed by atoms with Gasteiger partial charge < -0.3 is 15.0 Å². The monoisotopic (exact) mass is 555 g/mol. The summed E-state index contributed by atoms with van der Waals surface area (Å²) in [4.78, 5) is 12.2. The first-order chi connectivity index (χ1) is 15.1. The summed E-state index contributed by atoms with van der Waals surface area (Å²) in [6.45, 7) is 15.1. The van der Waals surface area contributed by atoms with Gasteiger partial charge in [0.15, 0.2) is 5.96 Å². The predicted molar refractivity (Wildman–Crippen MR) is 143 cm³/mol. The molecule has 3 atom stereocenters. The molecule has 1 aromatic carbocycles. The van der Waals surface area contributed by atoms with Crippen LogP contribution in [0.25, 0.3) is 0 Å². The van der Waals surface area contributed by atoms with E-state index in [0.29, 0.717) is 6.04 Å². The van der Waals surface area contributed by atoms with Crippen LogP contribution in [0.1, 0.15) is 37.8 Å². The van der Waals surface area contributed by atoms with E-state index >= 15 is 0 Å². The molecule has 1 N–H and O–H groups in total. The molecule has 32 heavy (non-hydrogen) atoms. The summed E-state index contributed by atoms with van der Waals surface area (Å²) >= 11 is 0. The number of hydrogen-bond acceptors (Lipinski definition) is 4. The number of rotatable bonds is 5. The molecule has 180 valence electrons. The van der Waals surface area contributed by atoms with Gasteiger partial charge in [0.2, 0.25) is 0 Å². The van der Waals surface area contributed by atoms with Crippen molar-refractivity contribution in [2.24, 2.45) is 16.8 Å². The molecule has 3 aliphatic rings. The maximum atomic E-state index is 5.51. The van der Waals surface area contributed by atoms with Crippen molar-refractivity contribution in [1.82, 2.24) is 20.0 Å². The highest BCUT2D eigenvalue weighted by atomic mass is 127. The summed E-state index contributed by atoms with van der Waals surface area (Å²) in [5.74, 6) is 2.65. The lowest BCUT2D eigenvalue weighted by Gasteiger charge is -2.35. The summed E-state index contributed by atoms with van der Waals surface area (Å²) in [7, 11) is 1.90. The summed E-state index contributed by atoms with van der Waals surface area (Å²) in [6.07, 6.45) is 2.58. The standard InChI is InChI=1S/C25H41N5O.HI/c1-20-14-21(2)17-28(16-20)18-23-6-4-22(5-7-23)15-27-25(26-3)30-9-8-24(19-30)29-10-12-31-13-11-29;/h4-7,20-21,24H,8-19H2,1-3H3,(H,26,27);1H. The van der Waals surface area contributed by atoms with Crippen molar-refractivity contribution < 1.29 is 4.74 Å². The lowest BCUT2D eigenvalue weighted by atomic mass is 9.91. The Morgan fingerprint density at radius 1 is 1.00 bits per heavy atom. The zero-order valence-electron chi connectivity index (χ0n) is 20.1. The maximum Gasteiger partial charge on any atom is 0.193 e. The number of morpholine rings is 1. The molecule has 3 heterocycles. The SMILES string of the molecule is CN=C(NCc1ccc(CN2CC(C)CC(C)C2)cc1)N1CCC(N2CCOCC2)C1.I. The van der Waals surface area contributed by atoms with Crippen LogP contribution in [0.3, 0.4) is 0 Å². The summed E-state index contributed by atoms with van der Waals surface area (Å²) in [6, 6.07) is 9.77. The molecule has 6 nitrogen and oxygen atoms in total. The second kappa shape index (κ2) is 12.5. The Bertz CT molecular complexity index is 712. The molecule has 0 radical (unpaired) electrons. The molecule has 3 fully saturated rings. The lowest BCUT2D eigenvalue weighted by Crippen LogP contribution is -2.46. The number of piperidine rings is 1. The maximum absolute atomic E-state index is 5.51. The van der Waals surface area contributed by atoms with Crippen LogP contribution in [0.5, 0.6) is 0 Å². The van der Waals surface area contributed by atoms with Crippen LogP contribution >= 0.6 is 24.0 Å². The molecule has 0 amide bonds. The molecule has 0 saturated carbocycles. The van der Waals surface area contributed by atoms with E-state index in [-0.39, 0.29) is 24.0 Å². The van der Waals surface area contributed by atoms with Gasteiger partial charge in [-0.05, 0) is 35.8 Å². The Kier molecular flexibility index (Phi) is 10.1. The normalized spacial score (nSPS) is 27.9. The minimum atomic E-state index is 0. The van der Waals surface area contributed by atoms with E-state index in [1.807, 2.05) is 7.05 Å². The molecule has 0 bridgehead atoms. The van der Waals surface area contributed by atoms with Crippen molar-refractivity contribution in [3.05, 3.63) is 35.4 Å². The van der Waals surface area contributed by atoms with Gasteiger partial charge in [0.1, 0.15) is 0 Å². The van der Waals surface area contributed by atoms with Gasteiger partial charge >= 0.3 is 0 Å². The number of ether oxygens (including phenoxy) is 1. The molecular weight excluding hydrogens is 513 g/mol. The predicted octanol–water partition coefficient (Wildman–Crippen LogP) is 3.26. The number of nitrogens with zero attached hydrogens (tertiary/aromatic N) is 4. The number of benzene rings is 1. The van der Waals surface area contributed by atoms with Gasteiger partial charge in [-0.3, -0.25) is 14.8 Å². The van der Waals surface area contributed by atoms with Gasteiger partial charge in [0.05, 0.1) is 13.2 Å². The molecule has 0 aliphatic carbocycles. The summed E-state index contributed by atoms with van der Waals surface area (Å²) in [5, 5.41) is 3.59. The van der Waals surface area contributed by atoms with Crippen LogP contribution < -0.4 is 5.32 Å². The molecule has 3 unspecified atom stereocenters. The second-order valence-electron chi connectivity index (χ2n) is 9.89. The first-order valence-electron chi connectivity index (χ1n) is 12.2. The summed E-state index contributed by atoms with van der Waals surface area (Å²) < 4.78 is 5.51. The van der Waals surface area contributed by atoms with Gasteiger partial charge in [0, 0.05) is 65.4 Å². The van der Waals surface area contributed by atoms with Crippen molar-refractivity contribution in [2.45, 2.75) is 45.8 Å². The number of hydrogen-bond donors (Lipinski definition) is 1. The van der Waals surface area contributed by atoms with Gasteiger partial charge in [-0.2, -0.15) is 0 Å². The molecule has 3 saturated heterocycles. The third-order valence-corrected chi connectivity index (χ3v) is 7.06. The first-order valence-corrected chi connectivity index (χ1v) is 12.2. The van der Waals surface area contributed by atoms with Crippen molar-refractivity contribution in [3.8, 4) is 0 Å². The zero-order valence-corrected chi connectivity index (χ0v) is 22.5. The number of aliphatic imine (C=N–C) groups is 1. The Morgan fingerprint density at radius 2 is 1.66 bits per heavy atom. The zero-order chi connectivity index (χ0) is 21.6. The minimum absolute atomic E-state index is 0. The van der Waals surface area contributed by atoms with E-state index in [9.17, 15) is 0 Å². The molecule has 0 spiro atoms. The van der Waals surface area contributed by atoms with Crippen LogP contribution in [0.15, 0.2) is 29.3 Å². The van der Waals surface area contributed by atoms with Crippen molar-refractivity contribution in [2.75, 3.05) is 59.5 Å². The fraction of sp³-hybridized carbons (Fsp3) is 0.720. The van der Waals surface area contributed by atoms with Crippen LogP contribution in [0.2, 0.25) is 0 Å². The number of guanidine groups is 1. The lowest BCUT2D eigenvalue weighted by molar-refractivity contribution is 0.0195. The number of nitrogens with one attached hydrogen (secondary N) is 1. The van der Waals surface area contributed by atoms with Crippen LogP contribution in [-0.2, 0) is 17.8 Å². The van der Waals surface area contributed by atoms with Crippen molar-refractivity contribution >= 4 is 29.9 Å². The van der Waals surface area contributed by atoms with Gasteiger partial charge in [-0.15, -0.1) is 24.0 Å². The Hall–Kier alpha value is -0.900. The van der Waals surface area contributed by atoms with E-state index in [0.717, 1.165) is 70.3 Å². The molecular formula is C25H42IN5O. The number of halogens is 1. The molecule has 0 aromatic heterocycles. The van der Waals surface area contributed by atoms with Crippen LogP contribution in [-0.4, -0.2) is 86.2 Å². The second-order valence-corrected chi connectivity index (χ2v) is 9.89. The average molecular weight is 556 g/mol. The van der Waals surface area contributed by atoms with Crippen LogP contribution in [0.4, 0.5) is 0 Å². The van der Waals surface area contributed by atoms with Crippen molar-refractivity contribution in [1.29, 1.82) is 0 Å². The average Bonchev–Trinajstić information content (AvgIpc) is 3.25. The highest BCUT2D eigenvalue weighted by Crippen LogP contribution is 2.22. The van der Waals surface area contributed by atoms with E-state index in [1.54, 1.807) is 0 Å². The quantitative estimate of drug-likeness (QED) is 0.344. The Balaban J connectivity index is 0.00000289.